The van der Waals surface area contributed by atoms with Gasteiger partial charge in [0.2, 0.25) is 5.88 Å². The molecule has 6 heteroatoms. The minimum Gasteiger partial charge on any atom is -0.481 e. The third-order valence-electron chi connectivity index (χ3n) is 1.70. The molecule has 0 spiro atoms. The van der Waals surface area contributed by atoms with E-state index in [4.69, 9.17) is 9.84 Å². The van der Waals surface area contributed by atoms with Crippen molar-refractivity contribution >= 4 is 11.8 Å². The first kappa shape index (κ1) is 11.2. The predicted octanol–water partition coefficient (Wildman–Crippen LogP) is 0.760. The van der Waals surface area contributed by atoms with Crippen LogP contribution in [0.15, 0.2) is 12.4 Å². The minimum absolute atomic E-state index is 0.0267. The van der Waals surface area contributed by atoms with Gasteiger partial charge in [-0.1, -0.05) is 0 Å². The van der Waals surface area contributed by atoms with Gasteiger partial charge in [-0.2, -0.15) is 4.98 Å². The van der Waals surface area contributed by atoms with Crippen molar-refractivity contribution in [1.29, 1.82) is 0 Å². The summed E-state index contributed by atoms with van der Waals surface area (Å²) in [6.07, 6.45) is 3.02. The molecule has 0 saturated heterocycles. The molecule has 6 nitrogen and oxygen atoms in total. The van der Waals surface area contributed by atoms with E-state index in [1.165, 1.54) is 19.5 Å². The number of nitrogens with zero attached hydrogens (tertiary/aromatic N) is 2. The lowest BCUT2D eigenvalue weighted by molar-refractivity contribution is -0.137. The van der Waals surface area contributed by atoms with Crippen LogP contribution in [0, 0.1) is 0 Å². The molecule has 1 unspecified atom stereocenters. The van der Waals surface area contributed by atoms with Gasteiger partial charge in [-0.25, -0.2) is 0 Å². The van der Waals surface area contributed by atoms with Gasteiger partial charge in [-0.05, 0) is 6.92 Å². The van der Waals surface area contributed by atoms with Crippen molar-refractivity contribution in [3.63, 3.8) is 0 Å². The van der Waals surface area contributed by atoms with Gasteiger partial charge in [0.25, 0.3) is 0 Å². The Morgan fingerprint density at radius 2 is 2.40 bits per heavy atom. The number of carbonyl (C=O) groups is 1. The lowest BCUT2D eigenvalue weighted by atomic mass is 10.2. The fourth-order valence-electron chi connectivity index (χ4n) is 1.08. The van der Waals surface area contributed by atoms with Crippen molar-refractivity contribution in [3.05, 3.63) is 12.4 Å². The molecular formula is C9H13N3O3. The first-order valence-electron chi connectivity index (χ1n) is 4.46. The highest BCUT2D eigenvalue weighted by Crippen LogP contribution is 2.09. The summed E-state index contributed by atoms with van der Waals surface area (Å²) in [6.45, 7) is 1.76. The zero-order chi connectivity index (χ0) is 11.3. The zero-order valence-corrected chi connectivity index (χ0v) is 8.60. The number of aliphatic carboxylic acids is 1. The molecule has 1 aromatic rings. The standard InChI is InChI=1S/C9H13N3O3/c1-6(3-9(13)14)11-7-4-10-5-8(12-7)15-2/h4-6H,3H2,1-2H3,(H,11,12)(H,13,14). The van der Waals surface area contributed by atoms with E-state index in [-0.39, 0.29) is 12.5 Å². The number of anilines is 1. The average molecular weight is 211 g/mol. The van der Waals surface area contributed by atoms with E-state index in [1.54, 1.807) is 6.92 Å². The van der Waals surface area contributed by atoms with Crippen molar-refractivity contribution in [2.45, 2.75) is 19.4 Å². The quantitative estimate of drug-likeness (QED) is 0.748. The second kappa shape index (κ2) is 5.14. The summed E-state index contributed by atoms with van der Waals surface area (Å²) in [4.78, 5) is 18.4. The summed E-state index contributed by atoms with van der Waals surface area (Å²) < 4.78 is 4.89. The number of hydrogen-bond acceptors (Lipinski definition) is 5. The smallest absolute Gasteiger partial charge is 0.305 e. The topological polar surface area (TPSA) is 84.3 Å². The fraction of sp³-hybridized carbons (Fsp3) is 0.444. The molecule has 0 saturated carbocycles. The number of hydrogen-bond donors (Lipinski definition) is 2. The molecular weight excluding hydrogens is 198 g/mol. The maximum Gasteiger partial charge on any atom is 0.305 e. The molecule has 0 aliphatic heterocycles. The largest absolute Gasteiger partial charge is 0.481 e. The highest BCUT2D eigenvalue weighted by molar-refractivity contribution is 5.68. The molecule has 1 atom stereocenters. The lowest BCUT2D eigenvalue weighted by Crippen LogP contribution is -2.20. The Morgan fingerprint density at radius 1 is 1.67 bits per heavy atom. The van der Waals surface area contributed by atoms with Gasteiger partial charge in [0.1, 0.15) is 5.82 Å². The van der Waals surface area contributed by atoms with Crippen LogP contribution in [0.1, 0.15) is 13.3 Å². The Hall–Kier alpha value is -1.85. The van der Waals surface area contributed by atoms with Crippen LogP contribution in [0.5, 0.6) is 5.88 Å². The molecule has 0 radical (unpaired) electrons. The average Bonchev–Trinajstić information content (AvgIpc) is 2.16. The molecule has 1 heterocycles. The van der Waals surface area contributed by atoms with E-state index in [1.807, 2.05) is 0 Å². The van der Waals surface area contributed by atoms with Gasteiger partial charge < -0.3 is 15.2 Å². The van der Waals surface area contributed by atoms with Crippen molar-refractivity contribution in [3.8, 4) is 5.88 Å². The lowest BCUT2D eigenvalue weighted by Gasteiger charge is -2.11. The van der Waals surface area contributed by atoms with Crippen LogP contribution in [0.4, 0.5) is 5.82 Å². The van der Waals surface area contributed by atoms with Crippen LogP contribution in [0.2, 0.25) is 0 Å². The third kappa shape index (κ3) is 3.80. The van der Waals surface area contributed by atoms with Crippen molar-refractivity contribution in [1.82, 2.24) is 9.97 Å². The molecule has 1 aromatic heterocycles. The van der Waals surface area contributed by atoms with Gasteiger partial charge in [-0.15, -0.1) is 0 Å². The molecule has 0 amide bonds. The fourth-order valence-corrected chi connectivity index (χ4v) is 1.08. The molecule has 82 valence electrons. The number of ether oxygens (including phenoxy) is 1. The van der Waals surface area contributed by atoms with E-state index < -0.39 is 5.97 Å². The van der Waals surface area contributed by atoms with E-state index in [9.17, 15) is 4.79 Å². The van der Waals surface area contributed by atoms with Gasteiger partial charge in [0, 0.05) is 6.04 Å². The van der Waals surface area contributed by atoms with Crippen molar-refractivity contribution in [2.75, 3.05) is 12.4 Å². The first-order valence-corrected chi connectivity index (χ1v) is 4.46. The predicted molar refractivity (Wildman–Crippen MR) is 53.9 cm³/mol. The Labute approximate surface area is 87.3 Å². The Balaban J connectivity index is 2.59. The van der Waals surface area contributed by atoms with Crippen LogP contribution in [-0.2, 0) is 4.79 Å². The zero-order valence-electron chi connectivity index (χ0n) is 8.60. The van der Waals surface area contributed by atoms with Crippen molar-refractivity contribution in [2.24, 2.45) is 0 Å². The van der Waals surface area contributed by atoms with Gasteiger partial charge >= 0.3 is 5.97 Å². The van der Waals surface area contributed by atoms with Crippen LogP contribution in [-0.4, -0.2) is 34.2 Å². The number of methoxy groups -OCH3 is 1. The van der Waals surface area contributed by atoms with Crippen LogP contribution in [0.3, 0.4) is 0 Å². The number of nitrogens with one attached hydrogen (secondary N) is 1. The molecule has 0 fully saturated rings. The van der Waals surface area contributed by atoms with E-state index in [0.29, 0.717) is 11.7 Å². The summed E-state index contributed by atoms with van der Waals surface area (Å²) >= 11 is 0. The summed E-state index contributed by atoms with van der Waals surface area (Å²) in [5.74, 6) is 0.0384. The molecule has 15 heavy (non-hydrogen) atoms. The molecule has 0 aliphatic rings. The van der Waals surface area contributed by atoms with E-state index in [0.717, 1.165) is 0 Å². The molecule has 2 N–H and O–H groups in total. The third-order valence-corrected chi connectivity index (χ3v) is 1.70. The monoisotopic (exact) mass is 211 g/mol. The molecule has 0 aromatic carbocycles. The number of rotatable bonds is 5. The van der Waals surface area contributed by atoms with Gasteiger partial charge in [-0.3, -0.25) is 9.78 Å². The summed E-state index contributed by atoms with van der Waals surface area (Å²) in [6, 6.07) is -0.205. The number of carboxylic acid groups (broad SMARTS) is 1. The maximum absolute atomic E-state index is 10.4. The van der Waals surface area contributed by atoms with Gasteiger partial charge in [0.05, 0.1) is 25.9 Å². The minimum atomic E-state index is -0.856. The highest BCUT2D eigenvalue weighted by atomic mass is 16.5. The molecule has 1 rings (SSSR count). The SMILES string of the molecule is COc1cncc(NC(C)CC(=O)O)n1. The number of aromatic nitrogens is 2. The second-order valence-corrected chi connectivity index (χ2v) is 3.09. The van der Waals surface area contributed by atoms with E-state index in [2.05, 4.69) is 15.3 Å². The highest BCUT2D eigenvalue weighted by Gasteiger charge is 2.08. The van der Waals surface area contributed by atoms with Crippen LogP contribution >= 0.6 is 0 Å². The summed E-state index contributed by atoms with van der Waals surface area (Å²) in [5.41, 5.74) is 0. The normalized spacial score (nSPS) is 11.9. The summed E-state index contributed by atoms with van der Waals surface area (Å²) in [5, 5.41) is 11.5. The summed E-state index contributed by atoms with van der Waals surface area (Å²) in [7, 11) is 1.49. The molecule has 0 bridgehead atoms. The first-order chi connectivity index (χ1) is 7.11. The van der Waals surface area contributed by atoms with Gasteiger partial charge in [0.15, 0.2) is 0 Å². The Bertz CT molecular complexity index is 343. The molecule has 0 aliphatic carbocycles. The Morgan fingerprint density at radius 3 is 3.00 bits per heavy atom. The number of carboxylic acids is 1. The van der Waals surface area contributed by atoms with Crippen LogP contribution in [0.25, 0.3) is 0 Å². The van der Waals surface area contributed by atoms with Crippen molar-refractivity contribution < 1.29 is 14.6 Å². The maximum atomic E-state index is 10.4. The van der Waals surface area contributed by atoms with Crippen LogP contribution < -0.4 is 10.1 Å². The van der Waals surface area contributed by atoms with E-state index >= 15 is 0 Å². The second-order valence-electron chi connectivity index (χ2n) is 3.09. The Kier molecular flexibility index (Phi) is 3.84.